The minimum atomic E-state index is -0.838. The van der Waals surface area contributed by atoms with Gasteiger partial charge in [0.15, 0.2) is 0 Å². The molecule has 0 aliphatic rings. The van der Waals surface area contributed by atoms with Crippen LogP contribution in [0.3, 0.4) is 0 Å². The Morgan fingerprint density at radius 3 is 2.53 bits per heavy atom. The molecule has 0 aromatic heterocycles. The number of aliphatic hydroxyl groups excluding tert-OH is 2. The smallest absolute Gasteiger partial charge is 0.239 e. The van der Waals surface area contributed by atoms with Gasteiger partial charge < -0.3 is 15.5 Å². The van der Waals surface area contributed by atoms with Gasteiger partial charge in [-0.25, -0.2) is 0 Å². The van der Waals surface area contributed by atoms with Crippen molar-refractivity contribution in [3.8, 4) is 0 Å². The van der Waals surface area contributed by atoms with E-state index in [1.807, 2.05) is 30.3 Å². The third kappa shape index (κ3) is 4.95. The summed E-state index contributed by atoms with van der Waals surface area (Å²) in [5, 5.41) is 23.3. The lowest BCUT2D eigenvalue weighted by Gasteiger charge is -2.17. The normalized spacial score (nSPS) is 14.1. The first kappa shape index (κ1) is 13.6. The zero-order valence-corrected chi connectivity index (χ0v) is 9.76. The molecule has 1 amide bonds. The Labute approximate surface area is 100 Å². The van der Waals surface area contributed by atoms with Gasteiger partial charge in [-0.15, -0.1) is 0 Å². The number of carbonyl (C=O) groups is 1. The molecule has 0 saturated heterocycles. The largest absolute Gasteiger partial charge is 0.394 e. The average molecular weight is 238 g/mol. The maximum Gasteiger partial charge on any atom is 0.239 e. The van der Waals surface area contributed by atoms with Crippen molar-refractivity contribution in [3.63, 3.8) is 0 Å². The minimum Gasteiger partial charge on any atom is -0.394 e. The third-order valence-electron chi connectivity index (χ3n) is 2.25. The average Bonchev–Trinajstić information content (AvgIpc) is 2.34. The molecule has 1 aromatic carbocycles. The van der Waals surface area contributed by atoms with E-state index in [0.29, 0.717) is 6.54 Å². The number of hydrogen-bond donors (Lipinski definition) is 4. The fourth-order valence-electron chi connectivity index (χ4n) is 1.41. The molecule has 0 radical (unpaired) electrons. The Hall–Kier alpha value is -1.43. The molecule has 2 atom stereocenters. The van der Waals surface area contributed by atoms with Crippen molar-refractivity contribution in [2.75, 3.05) is 6.61 Å². The molecule has 1 aromatic rings. The van der Waals surface area contributed by atoms with Crippen LogP contribution in [0.15, 0.2) is 30.3 Å². The first-order valence-corrected chi connectivity index (χ1v) is 5.50. The van der Waals surface area contributed by atoms with Gasteiger partial charge in [0.2, 0.25) is 5.91 Å². The van der Waals surface area contributed by atoms with E-state index in [0.717, 1.165) is 5.56 Å². The van der Waals surface area contributed by atoms with Gasteiger partial charge in [-0.2, -0.15) is 0 Å². The third-order valence-corrected chi connectivity index (χ3v) is 2.25. The Morgan fingerprint density at radius 2 is 2.00 bits per heavy atom. The molecule has 0 aliphatic carbocycles. The summed E-state index contributed by atoms with van der Waals surface area (Å²) in [6, 6.07) is 8.68. The second-order valence-corrected chi connectivity index (χ2v) is 3.78. The van der Waals surface area contributed by atoms with Gasteiger partial charge in [0.1, 0.15) is 12.3 Å². The molecule has 94 valence electrons. The van der Waals surface area contributed by atoms with Crippen LogP contribution in [0, 0.1) is 0 Å². The lowest BCUT2D eigenvalue weighted by atomic mass is 10.2. The zero-order valence-electron chi connectivity index (χ0n) is 9.76. The van der Waals surface area contributed by atoms with Gasteiger partial charge in [0.25, 0.3) is 0 Å². The van der Waals surface area contributed by atoms with Gasteiger partial charge in [-0.05, 0) is 12.5 Å². The summed E-state index contributed by atoms with van der Waals surface area (Å²) in [5.74, 6) is -0.336. The molecule has 4 N–H and O–H groups in total. The number of rotatable bonds is 6. The van der Waals surface area contributed by atoms with Crippen LogP contribution in [0.4, 0.5) is 0 Å². The second-order valence-electron chi connectivity index (χ2n) is 3.78. The molecule has 5 nitrogen and oxygen atoms in total. The second kappa shape index (κ2) is 7.01. The molecule has 0 fully saturated rings. The van der Waals surface area contributed by atoms with E-state index >= 15 is 0 Å². The van der Waals surface area contributed by atoms with Gasteiger partial charge in [0.05, 0.1) is 6.61 Å². The zero-order chi connectivity index (χ0) is 12.7. The fraction of sp³-hybridized carbons (Fsp3) is 0.417. The molecular weight excluding hydrogens is 220 g/mol. The Morgan fingerprint density at radius 1 is 1.35 bits per heavy atom. The Bertz CT molecular complexity index is 341. The van der Waals surface area contributed by atoms with E-state index in [1.165, 1.54) is 6.92 Å². The van der Waals surface area contributed by atoms with E-state index in [4.69, 9.17) is 10.2 Å². The van der Waals surface area contributed by atoms with E-state index in [-0.39, 0.29) is 12.5 Å². The van der Waals surface area contributed by atoms with Crippen molar-refractivity contribution in [3.05, 3.63) is 35.9 Å². The number of hydrogen-bond acceptors (Lipinski definition) is 4. The van der Waals surface area contributed by atoms with Crippen LogP contribution < -0.4 is 10.6 Å². The first-order chi connectivity index (χ1) is 8.13. The summed E-state index contributed by atoms with van der Waals surface area (Å²) in [6.45, 7) is 1.54. The lowest BCUT2D eigenvalue weighted by Crippen LogP contribution is -2.49. The fourth-order valence-corrected chi connectivity index (χ4v) is 1.41. The van der Waals surface area contributed by atoms with Crippen LogP contribution in [-0.2, 0) is 11.3 Å². The highest BCUT2D eigenvalue weighted by Gasteiger charge is 2.17. The van der Waals surface area contributed by atoms with E-state index < -0.39 is 12.3 Å². The maximum absolute atomic E-state index is 11.6. The SMILES string of the molecule is CC(O)N[C@H](CO)C(=O)NCc1ccccc1. The maximum atomic E-state index is 11.6. The molecule has 0 saturated carbocycles. The predicted molar refractivity (Wildman–Crippen MR) is 64.0 cm³/mol. The molecule has 17 heavy (non-hydrogen) atoms. The van der Waals surface area contributed by atoms with Crippen molar-refractivity contribution >= 4 is 5.91 Å². The van der Waals surface area contributed by atoms with Crippen LogP contribution in [0.2, 0.25) is 0 Å². The van der Waals surface area contributed by atoms with Crippen LogP contribution in [-0.4, -0.2) is 35.0 Å². The molecule has 0 heterocycles. The van der Waals surface area contributed by atoms with Crippen LogP contribution in [0.25, 0.3) is 0 Å². The topological polar surface area (TPSA) is 81.6 Å². The minimum absolute atomic E-state index is 0.336. The number of carbonyl (C=O) groups excluding carboxylic acids is 1. The quantitative estimate of drug-likeness (QED) is 0.508. The first-order valence-electron chi connectivity index (χ1n) is 5.50. The molecule has 5 heteroatoms. The van der Waals surface area contributed by atoms with Crippen LogP contribution >= 0.6 is 0 Å². The van der Waals surface area contributed by atoms with E-state index in [9.17, 15) is 4.79 Å². The van der Waals surface area contributed by atoms with Crippen molar-refractivity contribution in [2.45, 2.75) is 25.7 Å². The summed E-state index contributed by atoms with van der Waals surface area (Å²) < 4.78 is 0. The number of benzene rings is 1. The van der Waals surface area contributed by atoms with Gasteiger partial charge in [-0.3, -0.25) is 10.1 Å². The summed E-state index contributed by atoms with van der Waals surface area (Å²) in [7, 11) is 0. The molecule has 0 spiro atoms. The molecule has 1 unspecified atom stereocenters. The van der Waals surface area contributed by atoms with Crippen molar-refractivity contribution in [2.24, 2.45) is 0 Å². The van der Waals surface area contributed by atoms with Gasteiger partial charge in [0, 0.05) is 6.54 Å². The van der Waals surface area contributed by atoms with Crippen molar-refractivity contribution in [1.29, 1.82) is 0 Å². The van der Waals surface area contributed by atoms with Crippen molar-refractivity contribution in [1.82, 2.24) is 10.6 Å². The van der Waals surface area contributed by atoms with Crippen molar-refractivity contribution < 1.29 is 15.0 Å². The Balaban J connectivity index is 2.42. The van der Waals surface area contributed by atoms with Crippen LogP contribution in [0.5, 0.6) is 0 Å². The van der Waals surface area contributed by atoms with Gasteiger partial charge in [-0.1, -0.05) is 30.3 Å². The molecule has 1 rings (SSSR count). The number of aliphatic hydroxyl groups is 2. The molecule has 0 aliphatic heterocycles. The van der Waals surface area contributed by atoms with E-state index in [1.54, 1.807) is 0 Å². The monoisotopic (exact) mass is 238 g/mol. The highest BCUT2D eigenvalue weighted by Crippen LogP contribution is 1.97. The van der Waals surface area contributed by atoms with Gasteiger partial charge >= 0.3 is 0 Å². The summed E-state index contributed by atoms with van der Waals surface area (Å²) in [6.07, 6.45) is -0.838. The number of amides is 1. The summed E-state index contributed by atoms with van der Waals surface area (Å²) in [5.41, 5.74) is 0.981. The highest BCUT2D eigenvalue weighted by molar-refractivity contribution is 5.81. The summed E-state index contributed by atoms with van der Waals surface area (Å²) >= 11 is 0. The van der Waals surface area contributed by atoms with Crippen LogP contribution in [0.1, 0.15) is 12.5 Å². The molecule has 0 bridgehead atoms. The lowest BCUT2D eigenvalue weighted by molar-refractivity contribution is -0.125. The molecular formula is C12H18N2O3. The summed E-state index contributed by atoms with van der Waals surface area (Å²) in [4.78, 5) is 11.6. The number of nitrogens with one attached hydrogen (secondary N) is 2. The highest BCUT2D eigenvalue weighted by atomic mass is 16.3. The van der Waals surface area contributed by atoms with E-state index in [2.05, 4.69) is 10.6 Å². The Kier molecular flexibility index (Phi) is 5.62. The standard InChI is InChI=1S/C12H18N2O3/c1-9(16)14-11(8-15)12(17)13-7-10-5-3-2-4-6-10/h2-6,9,11,14-16H,7-8H2,1H3,(H,13,17)/t9?,11-/m1/s1. The predicted octanol–water partition coefficient (Wildman–Crippen LogP) is -0.408.